The average Bonchev–Trinajstić information content (AvgIpc) is 2.94. The molecule has 2 heterocycles. The second-order valence-electron chi connectivity index (χ2n) is 3.62. The molecule has 1 atom stereocenters. The Morgan fingerprint density at radius 1 is 1.56 bits per heavy atom. The number of nitrogens with zero attached hydrogens (tertiary/aromatic N) is 3. The third-order valence-electron chi connectivity index (χ3n) is 2.34. The van der Waals surface area contributed by atoms with E-state index in [-0.39, 0.29) is 0 Å². The molecule has 0 bridgehead atoms. The molecule has 2 aromatic rings. The number of hydrogen-bond donors (Lipinski definition) is 2. The highest BCUT2D eigenvalue weighted by molar-refractivity contribution is 7.13. The molecule has 1 unspecified atom stereocenters. The largest absolute Gasteiger partial charge is 0.316 e. The number of rotatable bonds is 5. The summed E-state index contributed by atoms with van der Waals surface area (Å²) in [7, 11) is 0. The number of aromatic amines is 1. The molecule has 0 fully saturated rings. The summed E-state index contributed by atoms with van der Waals surface area (Å²) in [5, 5.41) is 12.9. The highest BCUT2D eigenvalue weighted by Gasteiger charge is 2.11. The zero-order chi connectivity index (χ0) is 11.4. The van der Waals surface area contributed by atoms with Crippen molar-refractivity contribution < 1.29 is 0 Å². The summed E-state index contributed by atoms with van der Waals surface area (Å²) in [6.07, 6.45) is 1.50. The van der Waals surface area contributed by atoms with E-state index in [1.54, 1.807) is 11.3 Å². The molecule has 0 saturated carbocycles. The van der Waals surface area contributed by atoms with Gasteiger partial charge >= 0.3 is 0 Å². The Morgan fingerprint density at radius 2 is 2.44 bits per heavy atom. The summed E-state index contributed by atoms with van der Waals surface area (Å²) < 4.78 is 0. The first-order valence-electron chi connectivity index (χ1n) is 5.33. The van der Waals surface area contributed by atoms with Gasteiger partial charge in [0.15, 0.2) is 10.8 Å². The van der Waals surface area contributed by atoms with Gasteiger partial charge in [0.05, 0.1) is 5.69 Å². The molecule has 0 aromatic carbocycles. The molecule has 86 valence electrons. The van der Waals surface area contributed by atoms with Gasteiger partial charge in [-0.1, -0.05) is 13.8 Å². The third-order valence-corrected chi connectivity index (χ3v) is 3.21. The summed E-state index contributed by atoms with van der Waals surface area (Å²) in [5.41, 5.74) is 1.11. The van der Waals surface area contributed by atoms with Crippen LogP contribution in [0.1, 0.15) is 25.5 Å². The zero-order valence-corrected chi connectivity index (χ0v) is 10.2. The van der Waals surface area contributed by atoms with Crippen molar-refractivity contribution in [1.29, 1.82) is 0 Å². The van der Waals surface area contributed by atoms with Gasteiger partial charge in [0.25, 0.3) is 0 Å². The SMILES string of the molecule is CCNCC(C)c1csc(-c2ncn[nH]2)n1. The standard InChI is InChI=1S/C10H15N5S/c1-3-11-4-7(2)8-5-16-10(14-8)9-12-6-13-15-9/h5-7,11H,3-4H2,1-2H3,(H,12,13,15). The van der Waals surface area contributed by atoms with Gasteiger partial charge in [-0.2, -0.15) is 5.10 Å². The summed E-state index contributed by atoms with van der Waals surface area (Å²) in [4.78, 5) is 8.64. The molecule has 2 aromatic heterocycles. The van der Waals surface area contributed by atoms with Crippen molar-refractivity contribution in [3.8, 4) is 10.8 Å². The van der Waals surface area contributed by atoms with Crippen LogP contribution in [-0.4, -0.2) is 33.3 Å². The third kappa shape index (κ3) is 2.45. The molecular formula is C10H15N5S. The second kappa shape index (κ2) is 5.18. The van der Waals surface area contributed by atoms with Crippen molar-refractivity contribution in [1.82, 2.24) is 25.5 Å². The predicted molar refractivity (Wildman–Crippen MR) is 64.4 cm³/mol. The van der Waals surface area contributed by atoms with E-state index < -0.39 is 0 Å². The van der Waals surface area contributed by atoms with Crippen LogP contribution >= 0.6 is 11.3 Å². The van der Waals surface area contributed by atoms with Gasteiger partial charge in [-0.25, -0.2) is 9.97 Å². The van der Waals surface area contributed by atoms with Crippen LogP contribution in [0.3, 0.4) is 0 Å². The highest BCUT2D eigenvalue weighted by atomic mass is 32.1. The Bertz CT molecular complexity index is 422. The van der Waals surface area contributed by atoms with Crippen molar-refractivity contribution in [2.75, 3.05) is 13.1 Å². The predicted octanol–water partition coefficient (Wildman–Crippen LogP) is 1.64. The topological polar surface area (TPSA) is 66.5 Å². The normalized spacial score (nSPS) is 12.9. The maximum absolute atomic E-state index is 4.55. The number of aromatic nitrogens is 4. The Balaban J connectivity index is 2.07. The summed E-state index contributed by atoms with van der Waals surface area (Å²) in [6.45, 7) is 6.22. The van der Waals surface area contributed by atoms with Crippen molar-refractivity contribution >= 4 is 11.3 Å². The van der Waals surface area contributed by atoms with E-state index in [4.69, 9.17) is 0 Å². The maximum atomic E-state index is 4.55. The van der Waals surface area contributed by atoms with Crippen LogP contribution in [0.2, 0.25) is 0 Å². The van der Waals surface area contributed by atoms with Crippen LogP contribution in [0, 0.1) is 0 Å². The molecule has 0 spiro atoms. The van der Waals surface area contributed by atoms with Crippen molar-refractivity contribution in [3.05, 3.63) is 17.4 Å². The lowest BCUT2D eigenvalue weighted by Crippen LogP contribution is -2.19. The van der Waals surface area contributed by atoms with E-state index >= 15 is 0 Å². The second-order valence-corrected chi connectivity index (χ2v) is 4.48. The molecule has 6 heteroatoms. The van der Waals surface area contributed by atoms with E-state index in [2.05, 4.69) is 44.7 Å². The summed E-state index contributed by atoms with van der Waals surface area (Å²) >= 11 is 1.60. The van der Waals surface area contributed by atoms with Crippen LogP contribution in [0.4, 0.5) is 0 Å². The molecule has 0 aliphatic rings. The summed E-state index contributed by atoms with van der Waals surface area (Å²) in [6, 6.07) is 0. The number of hydrogen-bond acceptors (Lipinski definition) is 5. The minimum Gasteiger partial charge on any atom is -0.316 e. The monoisotopic (exact) mass is 237 g/mol. The smallest absolute Gasteiger partial charge is 0.184 e. The number of H-pyrrole nitrogens is 1. The first-order valence-corrected chi connectivity index (χ1v) is 6.21. The van der Waals surface area contributed by atoms with E-state index in [9.17, 15) is 0 Å². The van der Waals surface area contributed by atoms with Crippen LogP contribution in [0.5, 0.6) is 0 Å². The minimum atomic E-state index is 0.424. The first kappa shape index (κ1) is 11.2. The van der Waals surface area contributed by atoms with Crippen molar-refractivity contribution in [3.63, 3.8) is 0 Å². The van der Waals surface area contributed by atoms with E-state index in [0.29, 0.717) is 5.92 Å². The van der Waals surface area contributed by atoms with Crippen LogP contribution in [-0.2, 0) is 0 Å². The van der Waals surface area contributed by atoms with E-state index in [1.807, 2.05) is 0 Å². The highest BCUT2D eigenvalue weighted by Crippen LogP contribution is 2.23. The molecule has 16 heavy (non-hydrogen) atoms. The fourth-order valence-electron chi connectivity index (χ4n) is 1.40. The maximum Gasteiger partial charge on any atom is 0.184 e. The van der Waals surface area contributed by atoms with Crippen molar-refractivity contribution in [2.45, 2.75) is 19.8 Å². The molecule has 2 N–H and O–H groups in total. The van der Waals surface area contributed by atoms with Gasteiger partial charge in [0.1, 0.15) is 6.33 Å². The Labute approximate surface area is 98.3 Å². The zero-order valence-electron chi connectivity index (χ0n) is 9.40. The minimum absolute atomic E-state index is 0.424. The molecular weight excluding hydrogens is 222 g/mol. The average molecular weight is 237 g/mol. The van der Waals surface area contributed by atoms with Gasteiger partial charge in [0.2, 0.25) is 0 Å². The van der Waals surface area contributed by atoms with Gasteiger partial charge in [-0.15, -0.1) is 11.3 Å². The Morgan fingerprint density at radius 3 is 3.12 bits per heavy atom. The first-order chi connectivity index (χ1) is 7.81. The fraction of sp³-hybridized carbons (Fsp3) is 0.500. The Kier molecular flexibility index (Phi) is 3.63. The van der Waals surface area contributed by atoms with Gasteiger partial charge in [0, 0.05) is 17.8 Å². The fourth-order valence-corrected chi connectivity index (χ4v) is 2.28. The molecule has 5 nitrogen and oxygen atoms in total. The van der Waals surface area contributed by atoms with E-state index in [1.165, 1.54) is 6.33 Å². The molecule has 0 aliphatic carbocycles. The van der Waals surface area contributed by atoms with Gasteiger partial charge < -0.3 is 5.32 Å². The molecule has 0 amide bonds. The lowest BCUT2D eigenvalue weighted by atomic mass is 10.1. The number of nitrogens with one attached hydrogen (secondary N) is 2. The lowest BCUT2D eigenvalue weighted by molar-refractivity contribution is 0.626. The number of likely N-dealkylation sites (N-methyl/N-ethyl adjacent to an activating group) is 1. The molecule has 0 aliphatic heterocycles. The summed E-state index contributed by atoms with van der Waals surface area (Å²) in [5.74, 6) is 1.17. The van der Waals surface area contributed by atoms with E-state index in [0.717, 1.165) is 29.6 Å². The van der Waals surface area contributed by atoms with Crippen LogP contribution in [0.25, 0.3) is 10.8 Å². The molecule has 0 saturated heterocycles. The van der Waals surface area contributed by atoms with Crippen molar-refractivity contribution in [2.24, 2.45) is 0 Å². The van der Waals surface area contributed by atoms with Gasteiger partial charge in [-0.3, -0.25) is 5.10 Å². The van der Waals surface area contributed by atoms with Crippen LogP contribution in [0.15, 0.2) is 11.7 Å². The Hall–Kier alpha value is -1.27. The molecule has 2 rings (SSSR count). The molecule has 0 radical (unpaired) electrons. The number of thiazole rings is 1. The van der Waals surface area contributed by atoms with Crippen LogP contribution < -0.4 is 5.32 Å². The lowest BCUT2D eigenvalue weighted by Gasteiger charge is -2.07. The quantitative estimate of drug-likeness (QED) is 0.829. The van der Waals surface area contributed by atoms with Gasteiger partial charge in [-0.05, 0) is 6.54 Å².